The van der Waals surface area contributed by atoms with Gasteiger partial charge in [-0.15, -0.1) is 0 Å². The van der Waals surface area contributed by atoms with Crippen LogP contribution >= 0.6 is 11.6 Å². The number of nitro groups is 1. The van der Waals surface area contributed by atoms with E-state index >= 15 is 0 Å². The molecule has 0 aliphatic carbocycles. The first kappa shape index (κ1) is 14.1. The number of rotatable bonds is 4. The Bertz CT molecular complexity index is 646. The van der Waals surface area contributed by atoms with Crippen LogP contribution in [0.1, 0.15) is 11.5 Å². The first-order chi connectivity index (χ1) is 9.45. The molecule has 0 fully saturated rings. The highest BCUT2D eigenvalue weighted by atomic mass is 35.5. The zero-order valence-corrected chi connectivity index (χ0v) is 11.1. The Balaban J connectivity index is 2.11. The van der Waals surface area contributed by atoms with E-state index in [0.29, 0.717) is 11.5 Å². The zero-order valence-electron chi connectivity index (χ0n) is 10.3. The molecule has 1 heterocycles. The van der Waals surface area contributed by atoms with E-state index in [9.17, 15) is 14.5 Å². The average molecular weight is 298 g/mol. The molecule has 1 aromatic carbocycles. The first-order valence-electron chi connectivity index (χ1n) is 5.52. The van der Waals surface area contributed by atoms with E-state index in [1.54, 1.807) is 13.0 Å². The summed E-state index contributed by atoms with van der Waals surface area (Å²) in [6.07, 6.45) is 0. The molecule has 0 atom stereocenters. The average Bonchev–Trinajstić information content (AvgIpc) is 2.35. The topological polar surface area (TPSA) is 78.2 Å². The van der Waals surface area contributed by atoms with Crippen LogP contribution in [-0.2, 0) is 6.61 Å². The molecule has 20 heavy (non-hydrogen) atoms. The normalized spacial score (nSPS) is 10.3. The van der Waals surface area contributed by atoms with Gasteiger partial charge in [-0.2, -0.15) is 4.39 Å². The van der Waals surface area contributed by atoms with E-state index in [4.69, 9.17) is 16.3 Å². The van der Waals surface area contributed by atoms with Crippen molar-refractivity contribution >= 4 is 17.3 Å². The van der Waals surface area contributed by atoms with Crippen LogP contribution in [0, 0.1) is 22.9 Å². The second kappa shape index (κ2) is 5.79. The molecule has 0 saturated carbocycles. The van der Waals surface area contributed by atoms with Gasteiger partial charge in [0.25, 0.3) is 0 Å². The van der Waals surface area contributed by atoms with Crippen LogP contribution in [0.4, 0.5) is 10.1 Å². The number of aryl methyl sites for hydroxylation is 1. The third-order valence-corrected chi connectivity index (χ3v) is 2.55. The summed E-state index contributed by atoms with van der Waals surface area (Å²) in [5.74, 6) is -0.473. The lowest BCUT2D eigenvalue weighted by Crippen LogP contribution is -2.03. The molecule has 0 aliphatic heterocycles. The van der Waals surface area contributed by atoms with Crippen molar-refractivity contribution in [3.05, 3.63) is 56.9 Å². The van der Waals surface area contributed by atoms with Crippen LogP contribution in [0.2, 0.25) is 5.15 Å². The Kier molecular flexibility index (Phi) is 4.09. The van der Waals surface area contributed by atoms with Gasteiger partial charge >= 0.3 is 5.69 Å². The van der Waals surface area contributed by atoms with Crippen molar-refractivity contribution in [3.8, 4) is 5.75 Å². The number of benzene rings is 1. The molecule has 0 amide bonds. The second-order valence-electron chi connectivity index (χ2n) is 3.91. The molecule has 6 nitrogen and oxygen atoms in total. The van der Waals surface area contributed by atoms with Crippen molar-refractivity contribution in [1.29, 1.82) is 0 Å². The van der Waals surface area contributed by atoms with Gasteiger partial charge in [0.2, 0.25) is 5.82 Å². The van der Waals surface area contributed by atoms with Crippen molar-refractivity contribution in [2.75, 3.05) is 0 Å². The lowest BCUT2D eigenvalue weighted by atomic mass is 10.3. The molecule has 8 heteroatoms. The van der Waals surface area contributed by atoms with Gasteiger partial charge in [-0.25, -0.2) is 9.97 Å². The Morgan fingerprint density at radius 1 is 1.40 bits per heavy atom. The van der Waals surface area contributed by atoms with E-state index in [0.717, 1.165) is 12.1 Å². The van der Waals surface area contributed by atoms with Crippen LogP contribution in [0.5, 0.6) is 5.75 Å². The standard InChI is InChI=1S/C12H9ClFN3O3/c1-7-4-11(13)16-12(15-7)6-20-8-2-3-10(17(18)19)9(14)5-8/h2-5H,6H2,1H3. The third kappa shape index (κ3) is 3.39. The first-order valence-corrected chi connectivity index (χ1v) is 5.90. The summed E-state index contributed by atoms with van der Waals surface area (Å²) < 4.78 is 18.7. The SMILES string of the molecule is Cc1cc(Cl)nc(COc2ccc([N+](=O)[O-])c(F)c2)n1. The maximum atomic E-state index is 13.4. The maximum Gasteiger partial charge on any atom is 0.305 e. The second-order valence-corrected chi connectivity index (χ2v) is 4.29. The van der Waals surface area contributed by atoms with Crippen molar-refractivity contribution in [1.82, 2.24) is 9.97 Å². The molecule has 104 valence electrons. The molecule has 0 spiro atoms. The van der Waals surface area contributed by atoms with Crippen molar-refractivity contribution < 1.29 is 14.1 Å². The van der Waals surface area contributed by atoms with Crippen LogP contribution < -0.4 is 4.74 Å². The minimum atomic E-state index is -0.962. The number of halogens is 2. The minimum absolute atomic E-state index is 0.0152. The Morgan fingerprint density at radius 3 is 2.75 bits per heavy atom. The van der Waals surface area contributed by atoms with Crippen LogP contribution in [0.15, 0.2) is 24.3 Å². The summed E-state index contributed by atoms with van der Waals surface area (Å²) in [5.41, 5.74) is 0.0747. The van der Waals surface area contributed by atoms with Crippen LogP contribution in [0.3, 0.4) is 0 Å². The monoisotopic (exact) mass is 297 g/mol. The summed E-state index contributed by atoms with van der Waals surface area (Å²) in [6, 6.07) is 4.87. The van der Waals surface area contributed by atoms with Crippen molar-refractivity contribution in [3.63, 3.8) is 0 Å². The van der Waals surface area contributed by atoms with Crippen molar-refractivity contribution in [2.24, 2.45) is 0 Å². The van der Waals surface area contributed by atoms with E-state index in [-0.39, 0.29) is 17.5 Å². The van der Waals surface area contributed by atoms with Gasteiger partial charge in [-0.3, -0.25) is 10.1 Å². The molecule has 0 radical (unpaired) electrons. The molecule has 0 N–H and O–H groups in total. The van der Waals surface area contributed by atoms with E-state index in [2.05, 4.69) is 9.97 Å². The quantitative estimate of drug-likeness (QED) is 0.492. The van der Waals surface area contributed by atoms with Gasteiger partial charge in [-0.1, -0.05) is 11.6 Å². The molecule has 1 aromatic heterocycles. The van der Waals surface area contributed by atoms with Crippen molar-refractivity contribution in [2.45, 2.75) is 13.5 Å². The van der Waals surface area contributed by atoms with Crippen LogP contribution in [0.25, 0.3) is 0 Å². The fraction of sp³-hybridized carbons (Fsp3) is 0.167. The predicted octanol–water partition coefficient (Wildman–Crippen LogP) is 3.06. The van der Waals surface area contributed by atoms with E-state index in [1.165, 1.54) is 6.07 Å². The van der Waals surface area contributed by atoms with Gasteiger partial charge in [-0.05, 0) is 19.1 Å². The highest BCUT2D eigenvalue weighted by Gasteiger charge is 2.14. The summed E-state index contributed by atoms with van der Waals surface area (Å²) in [7, 11) is 0. The molecule has 2 aromatic rings. The number of nitro benzene ring substituents is 1. The van der Waals surface area contributed by atoms with Crippen LogP contribution in [-0.4, -0.2) is 14.9 Å². The van der Waals surface area contributed by atoms with Gasteiger partial charge in [0.15, 0.2) is 5.82 Å². The Hall–Kier alpha value is -2.28. The van der Waals surface area contributed by atoms with E-state index in [1.807, 2.05) is 0 Å². The molecule has 2 rings (SSSR count). The summed E-state index contributed by atoms with van der Waals surface area (Å²) in [4.78, 5) is 17.7. The predicted molar refractivity (Wildman–Crippen MR) is 69.2 cm³/mol. The number of ether oxygens (including phenoxy) is 1. The zero-order chi connectivity index (χ0) is 14.7. The molecule has 0 unspecified atom stereocenters. The smallest absolute Gasteiger partial charge is 0.305 e. The Labute approximate surface area is 118 Å². The molecular formula is C12H9ClFN3O3. The lowest BCUT2D eigenvalue weighted by Gasteiger charge is -2.06. The van der Waals surface area contributed by atoms with E-state index < -0.39 is 16.4 Å². The largest absolute Gasteiger partial charge is 0.485 e. The number of hydrogen-bond acceptors (Lipinski definition) is 5. The lowest BCUT2D eigenvalue weighted by molar-refractivity contribution is -0.387. The van der Waals surface area contributed by atoms with Gasteiger partial charge in [0.1, 0.15) is 17.5 Å². The third-order valence-electron chi connectivity index (χ3n) is 2.35. The highest BCUT2D eigenvalue weighted by Crippen LogP contribution is 2.22. The number of hydrogen-bond donors (Lipinski definition) is 0. The molecule has 0 aliphatic rings. The molecule has 0 saturated heterocycles. The molecule has 0 bridgehead atoms. The fourth-order valence-electron chi connectivity index (χ4n) is 1.53. The van der Waals surface area contributed by atoms with Gasteiger partial charge < -0.3 is 4.74 Å². The number of aromatic nitrogens is 2. The highest BCUT2D eigenvalue weighted by molar-refractivity contribution is 6.29. The Morgan fingerprint density at radius 2 is 2.15 bits per heavy atom. The summed E-state index contributed by atoms with van der Waals surface area (Å²) >= 11 is 5.77. The van der Waals surface area contributed by atoms with Gasteiger partial charge in [0.05, 0.1) is 4.92 Å². The minimum Gasteiger partial charge on any atom is -0.485 e. The fourth-order valence-corrected chi connectivity index (χ4v) is 1.78. The maximum absolute atomic E-state index is 13.4. The summed E-state index contributed by atoms with van der Waals surface area (Å²) in [5, 5.41) is 10.8. The molecular weight excluding hydrogens is 289 g/mol. The number of nitrogens with zero attached hydrogens (tertiary/aromatic N) is 3. The summed E-state index contributed by atoms with van der Waals surface area (Å²) in [6.45, 7) is 1.74. The van der Waals surface area contributed by atoms with Gasteiger partial charge in [0, 0.05) is 17.8 Å².